The number of ketones is 1. The molecule has 0 bridgehead atoms. The smallest absolute Gasteiger partial charge is 0.343 e. The fourth-order valence-electron chi connectivity index (χ4n) is 3.91. The lowest BCUT2D eigenvalue weighted by Crippen LogP contribution is -2.33. The van der Waals surface area contributed by atoms with Crippen LogP contribution in [-0.4, -0.2) is 16.5 Å². The minimum Gasteiger partial charge on any atom is -0.508 e. The molecule has 0 spiro atoms. The molecule has 5 nitrogen and oxygen atoms in total. The summed E-state index contributed by atoms with van der Waals surface area (Å²) in [5.41, 5.74) is 1.93. The van der Waals surface area contributed by atoms with Crippen molar-refractivity contribution in [3.63, 3.8) is 0 Å². The first-order valence-electron chi connectivity index (χ1n) is 9.95. The molecule has 2 heterocycles. The number of benzene rings is 1. The molecule has 2 aromatic rings. The van der Waals surface area contributed by atoms with Crippen LogP contribution in [-0.2, 0) is 4.79 Å². The van der Waals surface area contributed by atoms with Gasteiger partial charge < -0.3 is 14.3 Å². The van der Waals surface area contributed by atoms with Gasteiger partial charge in [0.15, 0.2) is 5.78 Å². The van der Waals surface area contributed by atoms with Crippen molar-refractivity contribution >= 4 is 16.8 Å². The Morgan fingerprint density at radius 1 is 1.24 bits per heavy atom. The van der Waals surface area contributed by atoms with Crippen molar-refractivity contribution < 1.29 is 19.1 Å². The molecule has 2 atom stereocenters. The molecule has 0 saturated heterocycles. The molecule has 0 unspecified atom stereocenters. The first-order valence-corrected chi connectivity index (χ1v) is 9.95. The SMILES string of the molecule is CC(C)=CC(=O)/C=C(\C)CCC[C@@]1(C)Oc2c(c(=O)oc3cc(O)ccc23)[C@@H]1C. The highest BCUT2D eigenvalue weighted by molar-refractivity contribution is 6.00. The summed E-state index contributed by atoms with van der Waals surface area (Å²) in [7, 11) is 0. The second kappa shape index (κ2) is 7.90. The van der Waals surface area contributed by atoms with Gasteiger partial charge in [-0.25, -0.2) is 4.79 Å². The van der Waals surface area contributed by atoms with E-state index in [0.717, 1.165) is 30.4 Å². The average Bonchev–Trinajstić information content (AvgIpc) is 2.86. The molecule has 154 valence electrons. The number of ether oxygens (including phenoxy) is 1. The van der Waals surface area contributed by atoms with E-state index in [1.165, 1.54) is 6.07 Å². The van der Waals surface area contributed by atoms with Gasteiger partial charge in [-0.1, -0.05) is 18.1 Å². The molecule has 0 aliphatic carbocycles. The van der Waals surface area contributed by atoms with Gasteiger partial charge in [0.1, 0.15) is 22.7 Å². The Morgan fingerprint density at radius 2 is 1.97 bits per heavy atom. The molecular weight excluding hydrogens is 368 g/mol. The van der Waals surface area contributed by atoms with E-state index in [0.29, 0.717) is 22.3 Å². The van der Waals surface area contributed by atoms with Crippen molar-refractivity contribution in [2.45, 2.75) is 65.4 Å². The highest BCUT2D eigenvalue weighted by Gasteiger charge is 2.44. The zero-order valence-corrected chi connectivity index (χ0v) is 17.7. The number of rotatable bonds is 6. The first-order chi connectivity index (χ1) is 13.6. The van der Waals surface area contributed by atoms with E-state index in [1.54, 1.807) is 24.3 Å². The van der Waals surface area contributed by atoms with Crippen molar-refractivity contribution in [2.75, 3.05) is 0 Å². The maximum absolute atomic E-state index is 12.5. The summed E-state index contributed by atoms with van der Waals surface area (Å²) in [4.78, 5) is 24.4. The molecule has 3 rings (SSSR count). The Kier molecular flexibility index (Phi) is 5.69. The number of allylic oxidation sites excluding steroid dienone is 4. The van der Waals surface area contributed by atoms with Crippen LogP contribution in [0, 0.1) is 0 Å². The van der Waals surface area contributed by atoms with E-state index in [4.69, 9.17) is 9.15 Å². The normalized spacial score (nSPS) is 21.0. The van der Waals surface area contributed by atoms with Crippen LogP contribution >= 0.6 is 0 Å². The maximum atomic E-state index is 12.5. The fourth-order valence-corrected chi connectivity index (χ4v) is 3.91. The summed E-state index contributed by atoms with van der Waals surface area (Å²) in [6, 6.07) is 4.70. The molecular formula is C24H28O5. The lowest BCUT2D eigenvalue weighted by molar-refractivity contribution is -0.110. The van der Waals surface area contributed by atoms with Gasteiger partial charge in [-0.15, -0.1) is 0 Å². The monoisotopic (exact) mass is 396 g/mol. The minimum atomic E-state index is -0.534. The Labute approximate surface area is 170 Å². The topological polar surface area (TPSA) is 76.7 Å². The van der Waals surface area contributed by atoms with Crippen LogP contribution in [0.3, 0.4) is 0 Å². The molecule has 0 fully saturated rings. The van der Waals surface area contributed by atoms with Crippen molar-refractivity contribution in [3.05, 3.63) is 57.5 Å². The van der Waals surface area contributed by atoms with Crippen LogP contribution in [0.15, 0.2) is 50.7 Å². The number of aromatic hydroxyl groups is 1. The van der Waals surface area contributed by atoms with Crippen LogP contribution in [0.5, 0.6) is 11.5 Å². The van der Waals surface area contributed by atoms with Crippen molar-refractivity contribution in [1.29, 1.82) is 0 Å². The van der Waals surface area contributed by atoms with Crippen LogP contribution in [0.2, 0.25) is 0 Å². The van der Waals surface area contributed by atoms with Gasteiger partial charge in [0.2, 0.25) is 0 Å². The summed E-state index contributed by atoms with van der Waals surface area (Å²) in [6.07, 6.45) is 5.67. The third-order valence-corrected chi connectivity index (χ3v) is 5.63. The number of fused-ring (bicyclic) bond motifs is 3. The number of carbonyl (C=O) groups excluding carboxylic acids is 1. The largest absolute Gasteiger partial charge is 0.508 e. The van der Waals surface area contributed by atoms with Gasteiger partial charge in [0, 0.05) is 12.0 Å². The number of hydrogen-bond donors (Lipinski definition) is 1. The number of phenolic OH excluding ortho intramolecular Hbond substituents is 1. The summed E-state index contributed by atoms with van der Waals surface area (Å²) in [6.45, 7) is 9.76. The van der Waals surface area contributed by atoms with E-state index >= 15 is 0 Å². The lowest BCUT2D eigenvalue weighted by Gasteiger charge is -2.28. The Hall–Kier alpha value is -2.82. The van der Waals surface area contributed by atoms with Crippen LogP contribution in [0.1, 0.15) is 65.4 Å². The molecule has 1 N–H and O–H groups in total. The first kappa shape index (κ1) is 20.9. The molecule has 1 aliphatic heterocycles. The second-order valence-corrected chi connectivity index (χ2v) is 8.42. The van der Waals surface area contributed by atoms with Crippen molar-refractivity contribution in [2.24, 2.45) is 0 Å². The summed E-state index contributed by atoms with van der Waals surface area (Å²) < 4.78 is 11.7. The Morgan fingerprint density at radius 3 is 2.66 bits per heavy atom. The van der Waals surface area contributed by atoms with Crippen molar-refractivity contribution in [1.82, 2.24) is 0 Å². The molecule has 1 aliphatic rings. The van der Waals surface area contributed by atoms with Crippen LogP contribution < -0.4 is 10.4 Å². The van der Waals surface area contributed by atoms with E-state index in [2.05, 4.69) is 0 Å². The van der Waals surface area contributed by atoms with Crippen molar-refractivity contribution in [3.8, 4) is 11.5 Å². The molecule has 1 aromatic heterocycles. The van der Waals surface area contributed by atoms with Gasteiger partial charge >= 0.3 is 5.63 Å². The Balaban J connectivity index is 1.77. The lowest BCUT2D eigenvalue weighted by atomic mass is 9.83. The number of phenols is 1. The average molecular weight is 396 g/mol. The highest BCUT2D eigenvalue weighted by Crippen LogP contribution is 2.48. The summed E-state index contributed by atoms with van der Waals surface area (Å²) >= 11 is 0. The van der Waals surface area contributed by atoms with E-state index < -0.39 is 11.2 Å². The number of hydrogen-bond acceptors (Lipinski definition) is 5. The number of carbonyl (C=O) groups is 1. The maximum Gasteiger partial charge on any atom is 0.343 e. The standard InChI is InChI=1S/C24H28O5/c1-14(2)11-18(26)12-15(3)7-6-10-24(5)16(4)21-22(29-24)19-9-8-17(25)13-20(19)28-23(21)27/h8-9,11-13,16,25H,6-7,10H2,1-5H3/b15-12+/t16-,24+/m0/s1. The zero-order valence-electron chi connectivity index (χ0n) is 17.7. The van der Waals surface area contributed by atoms with E-state index in [9.17, 15) is 14.7 Å². The van der Waals surface area contributed by atoms with Gasteiger partial charge in [-0.2, -0.15) is 0 Å². The quantitative estimate of drug-likeness (QED) is 0.522. The Bertz CT molecular complexity index is 1070. The van der Waals surface area contributed by atoms with Gasteiger partial charge in [0.05, 0.1) is 10.9 Å². The predicted octanol–water partition coefficient (Wildman–Crippen LogP) is 5.41. The van der Waals surface area contributed by atoms with Gasteiger partial charge in [-0.05, 0) is 71.2 Å². The predicted molar refractivity (Wildman–Crippen MR) is 114 cm³/mol. The molecule has 0 amide bonds. The van der Waals surface area contributed by atoms with Gasteiger partial charge in [-0.3, -0.25) is 4.79 Å². The fraction of sp³-hybridized carbons (Fsp3) is 0.417. The molecule has 0 radical (unpaired) electrons. The molecule has 0 saturated carbocycles. The van der Waals surface area contributed by atoms with E-state index in [-0.39, 0.29) is 17.5 Å². The molecule has 1 aromatic carbocycles. The van der Waals surface area contributed by atoms with E-state index in [1.807, 2.05) is 34.6 Å². The molecule has 29 heavy (non-hydrogen) atoms. The second-order valence-electron chi connectivity index (χ2n) is 8.42. The summed E-state index contributed by atoms with van der Waals surface area (Å²) in [5, 5.41) is 10.4. The molecule has 5 heteroatoms. The highest BCUT2D eigenvalue weighted by atomic mass is 16.5. The van der Waals surface area contributed by atoms with Crippen LogP contribution in [0.25, 0.3) is 11.0 Å². The minimum absolute atomic E-state index is 0.0129. The third kappa shape index (κ3) is 4.29. The summed E-state index contributed by atoms with van der Waals surface area (Å²) in [5.74, 6) is 0.485. The zero-order chi connectivity index (χ0) is 21.3. The van der Waals surface area contributed by atoms with Gasteiger partial charge in [0.25, 0.3) is 0 Å². The van der Waals surface area contributed by atoms with Crippen LogP contribution in [0.4, 0.5) is 0 Å². The third-order valence-electron chi connectivity index (χ3n) is 5.63.